The third kappa shape index (κ3) is 4.94. The van der Waals surface area contributed by atoms with Crippen LogP contribution < -0.4 is 29.0 Å². The largest absolute Gasteiger partial charge is 0.493 e. The van der Waals surface area contributed by atoms with Crippen LogP contribution in [0, 0.1) is 0 Å². The van der Waals surface area contributed by atoms with Crippen molar-refractivity contribution in [3.63, 3.8) is 0 Å². The molecule has 0 saturated heterocycles. The first kappa shape index (κ1) is 25.7. The van der Waals surface area contributed by atoms with Gasteiger partial charge in [-0.25, -0.2) is 0 Å². The molecule has 4 aromatic rings. The molecule has 6 rings (SSSR count). The highest BCUT2D eigenvalue weighted by Gasteiger charge is 2.22. The van der Waals surface area contributed by atoms with Crippen LogP contribution in [-0.2, 0) is 23.0 Å². The summed E-state index contributed by atoms with van der Waals surface area (Å²) < 4.78 is 10.9. The zero-order chi connectivity index (χ0) is 27.6. The maximum atomic E-state index is 5.46. The number of hydrogen-bond donors (Lipinski definition) is 0. The summed E-state index contributed by atoms with van der Waals surface area (Å²) in [5, 5.41) is 0. The molecule has 2 aromatic carbocycles. The Morgan fingerprint density at radius 1 is 0.675 bits per heavy atom. The zero-order valence-electron chi connectivity index (χ0n) is 22.8. The highest BCUT2D eigenvalue weighted by Crippen LogP contribution is 2.41. The monoisotopic (exact) mass is 542 g/mol. The molecule has 4 heterocycles. The number of hydrogen-bond acceptors (Lipinski definition) is 10. The minimum Gasteiger partial charge on any atom is -0.493 e. The topological polar surface area (TPSA) is 87.6 Å². The van der Waals surface area contributed by atoms with Crippen LogP contribution in [0.3, 0.4) is 0 Å². The molecule has 10 heteroatoms. The van der Waals surface area contributed by atoms with E-state index in [4.69, 9.17) is 39.0 Å². The average molecular weight is 543 g/mol. The number of fused-ring (bicyclic) bond motifs is 2. The molecule has 0 fully saturated rings. The van der Waals surface area contributed by atoms with Crippen LogP contribution in [0.4, 0.5) is 11.4 Å². The van der Waals surface area contributed by atoms with Crippen LogP contribution >= 0.6 is 0 Å². The lowest BCUT2D eigenvalue weighted by atomic mass is 10.1. The molecule has 0 aliphatic carbocycles. The predicted molar refractivity (Wildman–Crippen MR) is 150 cm³/mol. The SMILES string of the molecule is COc1cc(-c2ccc(N(C)CCN(C)c3ccc(-c4cc5c(c(OC)c4)OOC5)nc3)cn2)cc2c1OOC2. The van der Waals surface area contributed by atoms with Gasteiger partial charge in [-0.1, -0.05) is 0 Å². The van der Waals surface area contributed by atoms with Crippen LogP contribution in [0.15, 0.2) is 60.9 Å². The summed E-state index contributed by atoms with van der Waals surface area (Å²) in [5.74, 6) is 2.53. The van der Waals surface area contributed by atoms with E-state index in [1.54, 1.807) is 14.2 Å². The van der Waals surface area contributed by atoms with E-state index in [9.17, 15) is 0 Å². The lowest BCUT2D eigenvalue weighted by molar-refractivity contribution is -0.195. The highest BCUT2D eigenvalue weighted by molar-refractivity contribution is 5.69. The molecule has 0 bridgehead atoms. The number of nitrogens with zero attached hydrogens (tertiary/aromatic N) is 4. The number of pyridine rings is 2. The van der Waals surface area contributed by atoms with E-state index < -0.39 is 0 Å². The number of likely N-dealkylation sites (N-methyl/N-ethyl adjacent to an activating group) is 2. The maximum Gasteiger partial charge on any atom is 0.212 e. The molecule has 0 unspecified atom stereocenters. The minimum absolute atomic E-state index is 0.389. The summed E-state index contributed by atoms with van der Waals surface area (Å²) in [6, 6.07) is 16.1. The van der Waals surface area contributed by atoms with Gasteiger partial charge in [-0.05, 0) is 48.5 Å². The second-order valence-corrected chi connectivity index (χ2v) is 9.67. The Kier molecular flexibility index (Phi) is 7.02. The van der Waals surface area contributed by atoms with Crippen molar-refractivity contribution in [2.75, 3.05) is 51.2 Å². The predicted octanol–water partition coefficient (Wildman–Crippen LogP) is 5.05. The van der Waals surface area contributed by atoms with Crippen LogP contribution in [0.2, 0.25) is 0 Å². The van der Waals surface area contributed by atoms with Crippen LogP contribution in [0.1, 0.15) is 11.1 Å². The number of ether oxygens (including phenoxy) is 2. The fourth-order valence-corrected chi connectivity index (χ4v) is 4.75. The highest BCUT2D eigenvalue weighted by atomic mass is 17.2. The summed E-state index contributed by atoms with van der Waals surface area (Å²) in [6.45, 7) is 2.39. The minimum atomic E-state index is 0.389. The van der Waals surface area contributed by atoms with Crippen LogP contribution in [0.25, 0.3) is 22.5 Å². The number of benzene rings is 2. The Balaban J connectivity index is 1.08. The van der Waals surface area contributed by atoms with Crippen LogP contribution in [0.5, 0.6) is 23.0 Å². The molecule has 0 amide bonds. The molecule has 2 aromatic heterocycles. The molecule has 0 saturated carbocycles. The smallest absolute Gasteiger partial charge is 0.212 e. The Labute approximate surface area is 232 Å². The molecular weight excluding hydrogens is 512 g/mol. The Morgan fingerprint density at radius 3 is 1.50 bits per heavy atom. The van der Waals surface area contributed by atoms with Gasteiger partial charge in [0, 0.05) is 49.4 Å². The van der Waals surface area contributed by atoms with Gasteiger partial charge in [0.25, 0.3) is 0 Å². The van der Waals surface area contributed by atoms with E-state index in [1.807, 2.05) is 48.8 Å². The van der Waals surface area contributed by atoms with E-state index in [2.05, 4.69) is 36.0 Å². The third-order valence-electron chi connectivity index (χ3n) is 7.16. The van der Waals surface area contributed by atoms with Gasteiger partial charge in [-0.2, -0.15) is 9.78 Å². The van der Waals surface area contributed by atoms with E-state index in [0.717, 1.165) is 58.1 Å². The van der Waals surface area contributed by atoms with E-state index in [-0.39, 0.29) is 0 Å². The van der Waals surface area contributed by atoms with Gasteiger partial charge >= 0.3 is 0 Å². The van der Waals surface area contributed by atoms with Gasteiger partial charge in [0.2, 0.25) is 11.5 Å². The summed E-state index contributed by atoms with van der Waals surface area (Å²) in [7, 11) is 7.36. The number of methoxy groups -OCH3 is 2. The van der Waals surface area contributed by atoms with Crippen molar-refractivity contribution in [3.05, 3.63) is 72.1 Å². The van der Waals surface area contributed by atoms with Crippen molar-refractivity contribution in [2.24, 2.45) is 0 Å². The van der Waals surface area contributed by atoms with Gasteiger partial charge in [0.15, 0.2) is 11.5 Å². The van der Waals surface area contributed by atoms with Crippen LogP contribution in [-0.4, -0.2) is 51.4 Å². The summed E-state index contributed by atoms with van der Waals surface area (Å²) >= 11 is 0. The Bertz CT molecular complexity index is 1400. The first-order chi connectivity index (χ1) is 19.5. The summed E-state index contributed by atoms with van der Waals surface area (Å²) in [6.07, 6.45) is 3.78. The summed E-state index contributed by atoms with van der Waals surface area (Å²) in [5.41, 5.74) is 7.57. The second-order valence-electron chi connectivity index (χ2n) is 9.67. The second kappa shape index (κ2) is 10.9. The Hall–Kier alpha value is -4.54. The number of aromatic nitrogens is 2. The average Bonchev–Trinajstić information content (AvgIpc) is 3.68. The third-order valence-corrected chi connectivity index (χ3v) is 7.16. The summed E-state index contributed by atoms with van der Waals surface area (Å²) in [4.78, 5) is 34.4. The molecule has 0 atom stereocenters. The van der Waals surface area contributed by atoms with Gasteiger partial charge in [0.1, 0.15) is 13.2 Å². The standard InChI is InChI=1S/C30H30N4O6/c1-33(23-5-7-25(31-15-23)19-11-21-17-37-39-29(21)27(13-19)35-3)9-10-34(2)24-6-8-26(32-16-24)20-12-22-18-38-40-30(22)28(14-20)36-4/h5-8,11-16H,9-10,17-18H2,1-4H3. The normalized spacial score (nSPS) is 13.2. The fraction of sp³-hybridized carbons (Fsp3) is 0.267. The molecule has 206 valence electrons. The first-order valence-electron chi connectivity index (χ1n) is 12.9. The quantitative estimate of drug-likeness (QED) is 0.268. The molecule has 2 aliphatic heterocycles. The molecule has 40 heavy (non-hydrogen) atoms. The van der Waals surface area contributed by atoms with Gasteiger partial charge in [-0.15, -0.1) is 0 Å². The molecule has 2 aliphatic rings. The molecule has 0 spiro atoms. The lowest BCUT2D eigenvalue weighted by Crippen LogP contribution is -2.30. The first-order valence-corrected chi connectivity index (χ1v) is 12.9. The van der Waals surface area contributed by atoms with E-state index >= 15 is 0 Å². The van der Waals surface area contributed by atoms with E-state index in [0.29, 0.717) is 36.2 Å². The van der Waals surface area contributed by atoms with E-state index in [1.165, 1.54) is 0 Å². The van der Waals surface area contributed by atoms with Gasteiger partial charge in [0.05, 0.1) is 49.4 Å². The van der Waals surface area contributed by atoms with Crippen molar-refractivity contribution in [3.8, 4) is 45.5 Å². The van der Waals surface area contributed by atoms with Crippen molar-refractivity contribution in [1.82, 2.24) is 9.97 Å². The van der Waals surface area contributed by atoms with Crippen molar-refractivity contribution in [1.29, 1.82) is 0 Å². The maximum absolute atomic E-state index is 5.46. The fourth-order valence-electron chi connectivity index (χ4n) is 4.75. The van der Waals surface area contributed by atoms with Crippen molar-refractivity contribution in [2.45, 2.75) is 13.2 Å². The molecule has 10 nitrogen and oxygen atoms in total. The van der Waals surface area contributed by atoms with Gasteiger partial charge in [-0.3, -0.25) is 9.97 Å². The zero-order valence-corrected chi connectivity index (χ0v) is 22.8. The van der Waals surface area contributed by atoms with Gasteiger partial charge < -0.3 is 29.0 Å². The molecule has 0 radical (unpaired) electrons. The molecular formula is C30H30N4O6. The van der Waals surface area contributed by atoms with Crippen molar-refractivity contribution < 1.29 is 29.0 Å². The van der Waals surface area contributed by atoms with Crippen molar-refractivity contribution >= 4 is 11.4 Å². The number of rotatable bonds is 9. The Morgan fingerprint density at radius 2 is 1.12 bits per heavy atom. The lowest BCUT2D eigenvalue weighted by Gasteiger charge is -2.25. The molecule has 0 N–H and O–H groups in total. The number of anilines is 2.